The predicted octanol–water partition coefficient (Wildman–Crippen LogP) is 3.05. The molecule has 120 valence electrons. The van der Waals surface area contributed by atoms with Crippen LogP contribution in [-0.2, 0) is 4.79 Å². The van der Waals surface area contributed by atoms with Gasteiger partial charge in [-0.2, -0.15) is 0 Å². The van der Waals surface area contributed by atoms with Crippen LogP contribution in [0.25, 0.3) is 0 Å². The number of primary amides is 1. The number of benzene rings is 2. The van der Waals surface area contributed by atoms with E-state index in [4.69, 9.17) is 5.73 Å². The highest BCUT2D eigenvalue weighted by Gasteiger charge is 2.10. The van der Waals surface area contributed by atoms with Crippen LogP contribution in [0.4, 0.5) is 15.8 Å². The van der Waals surface area contributed by atoms with Crippen LogP contribution in [0.15, 0.2) is 40.9 Å². The molecular weight excluding hydrogens is 365 g/mol. The molecule has 0 radical (unpaired) electrons. The summed E-state index contributed by atoms with van der Waals surface area (Å²) in [6, 6.07) is 9.38. The molecule has 4 N–H and O–H groups in total. The number of carbonyl (C=O) groups excluding carboxylic acids is 2. The number of hydrogen-bond donors (Lipinski definition) is 3. The van der Waals surface area contributed by atoms with E-state index in [0.29, 0.717) is 11.4 Å². The number of anilines is 2. The molecule has 0 fully saturated rings. The van der Waals surface area contributed by atoms with Gasteiger partial charge in [-0.15, -0.1) is 0 Å². The molecule has 2 amide bonds. The zero-order valence-electron chi connectivity index (χ0n) is 12.3. The number of nitrogens with two attached hydrogens (primary N) is 1. The van der Waals surface area contributed by atoms with Crippen molar-refractivity contribution in [2.24, 2.45) is 5.73 Å². The van der Waals surface area contributed by atoms with E-state index in [1.54, 1.807) is 6.07 Å². The van der Waals surface area contributed by atoms with E-state index >= 15 is 0 Å². The SMILES string of the molecule is Cc1ccc(NC(=O)CNc2ccc(F)c(C(N)=O)c2)c(Br)c1. The maximum atomic E-state index is 13.4. The standard InChI is InChI=1S/C16H15BrFN3O2/c1-9-2-5-14(12(17)6-9)21-15(22)8-20-10-3-4-13(18)11(7-10)16(19)23/h2-7,20H,8H2,1H3,(H2,19,23)(H,21,22). The quantitative estimate of drug-likeness (QED) is 0.746. The summed E-state index contributed by atoms with van der Waals surface area (Å²) in [5.41, 5.74) is 7.00. The van der Waals surface area contributed by atoms with Gasteiger partial charge in [0.1, 0.15) is 5.82 Å². The molecular formula is C16H15BrFN3O2. The Morgan fingerprint density at radius 2 is 1.96 bits per heavy atom. The van der Waals surface area contributed by atoms with E-state index in [1.807, 2.05) is 19.1 Å². The van der Waals surface area contributed by atoms with Crippen molar-refractivity contribution in [2.75, 3.05) is 17.2 Å². The summed E-state index contributed by atoms with van der Waals surface area (Å²) in [5.74, 6) is -1.84. The largest absolute Gasteiger partial charge is 0.376 e. The van der Waals surface area contributed by atoms with Crippen molar-refractivity contribution >= 4 is 39.1 Å². The van der Waals surface area contributed by atoms with Crippen LogP contribution in [0.2, 0.25) is 0 Å². The second-order valence-electron chi connectivity index (χ2n) is 4.94. The lowest BCUT2D eigenvalue weighted by Gasteiger charge is -2.10. The molecule has 7 heteroatoms. The Kier molecular flexibility index (Phi) is 5.33. The summed E-state index contributed by atoms with van der Waals surface area (Å²) in [7, 11) is 0. The predicted molar refractivity (Wildman–Crippen MR) is 90.9 cm³/mol. The van der Waals surface area contributed by atoms with Gasteiger partial charge >= 0.3 is 0 Å². The van der Waals surface area contributed by atoms with Crippen LogP contribution < -0.4 is 16.4 Å². The second kappa shape index (κ2) is 7.23. The van der Waals surface area contributed by atoms with E-state index in [9.17, 15) is 14.0 Å². The fraction of sp³-hybridized carbons (Fsp3) is 0.125. The molecule has 2 aromatic rings. The van der Waals surface area contributed by atoms with Gasteiger partial charge in [0.15, 0.2) is 0 Å². The fourth-order valence-corrected chi connectivity index (χ4v) is 2.51. The Labute approximate surface area is 141 Å². The van der Waals surface area contributed by atoms with Crippen molar-refractivity contribution in [1.29, 1.82) is 0 Å². The van der Waals surface area contributed by atoms with E-state index in [0.717, 1.165) is 16.1 Å². The summed E-state index contributed by atoms with van der Waals surface area (Å²) in [6.07, 6.45) is 0. The molecule has 2 aromatic carbocycles. The lowest BCUT2D eigenvalue weighted by atomic mass is 10.2. The van der Waals surface area contributed by atoms with E-state index in [2.05, 4.69) is 26.6 Å². The number of rotatable bonds is 5. The molecule has 0 aliphatic rings. The second-order valence-corrected chi connectivity index (χ2v) is 5.80. The maximum absolute atomic E-state index is 13.4. The van der Waals surface area contributed by atoms with Gasteiger partial charge < -0.3 is 16.4 Å². The molecule has 23 heavy (non-hydrogen) atoms. The van der Waals surface area contributed by atoms with Gasteiger partial charge in [-0.05, 0) is 58.7 Å². The molecule has 0 saturated heterocycles. The Morgan fingerprint density at radius 3 is 2.61 bits per heavy atom. The minimum absolute atomic E-state index is 0.0375. The summed E-state index contributed by atoms with van der Waals surface area (Å²) in [6.45, 7) is 1.91. The van der Waals surface area contributed by atoms with Gasteiger partial charge in [0.05, 0.1) is 17.8 Å². The molecule has 2 rings (SSSR count). The Morgan fingerprint density at radius 1 is 1.22 bits per heavy atom. The average Bonchev–Trinajstić information content (AvgIpc) is 2.49. The van der Waals surface area contributed by atoms with Crippen LogP contribution in [0.3, 0.4) is 0 Å². The first-order chi connectivity index (χ1) is 10.9. The van der Waals surface area contributed by atoms with Crippen molar-refractivity contribution in [3.63, 3.8) is 0 Å². The van der Waals surface area contributed by atoms with Crippen LogP contribution in [-0.4, -0.2) is 18.4 Å². The first-order valence-electron chi connectivity index (χ1n) is 6.76. The smallest absolute Gasteiger partial charge is 0.251 e. The summed E-state index contributed by atoms with van der Waals surface area (Å²) in [4.78, 5) is 23.0. The number of amides is 2. The van der Waals surface area contributed by atoms with Crippen molar-refractivity contribution in [2.45, 2.75) is 6.92 Å². The summed E-state index contributed by atoms with van der Waals surface area (Å²) < 4.78 is 14.2. The van der Waals surface area contributed by atoms with Crippen molar-refractivity contribution < 1.29 is 14.0 Å². The van der Waals surface area contributed by atoms with Crippen LogP contribution in [0, 0.1) is 12.7 Å². The third-order valence-electron chi connectivity index (χ3n) is 3.08. The van der Waals surface area contributed by atoms with E-state index < -0.39 is 11.7 Å². The normalized spacial score (nSPS) is 10.2. The minimum atomic E-state index is -0.862. The average molecular weight is 380 g/mol. The van der Waals surface area contributed by atoms with Crippen molar-refractivity contribution in [1.82, 2.24) is 0 Å². The third-order valence-corrected chi connectivity index (χ3v) is 3.74. The fourth-order valence-electron chi connectivity index (χ4n) is 1.92. The molecule has 5 nitrogen and oxygen atoms in total. The monoisotopic (exact) mass is 379 g/mol. The first-order valence-corrected chi connectivity index (χ1v) is 7.55. The highest BCUT2D eigenvalue weighted by atomic mass is 79.9. The third kappa shape index (κ3) is 4.53. The van der Waals surface area contributed by atoms with Gasteiger partial charge in [0.25, 0.3) is 5.91 Å². The van der Waals surface area contributed by atoms with Gasteiger partial charge in [-0.25, -0.2) is 4.39 Å². The van der Waals surface area contributed by atoms with Gasteiger partial charge in [-0.3, -0.25) is 9.59 Å². The highest BCUT2D eigenvalue weighted by Crippen LogP contribution is 2.23. The Balaban J connectivity index is 1.99. The molecule has 0 aromatic heterocycles. The molecule has 0 bridgehead atoms. The molecule has 0 unspecified atom stereocenters. The molecule has 0 saturated carbocycles. The number of hydrogen-bond acceptors (Lipinski definition) is 3. The minimum Gasteiger partial charge on any atom is -0.376 e. The first kappa shape index (κ1) is 17.0. The van der Waals surface area contributed by atoms with Crippen molar-refractivity contribution in [3.05, 3.63) is 57.8 Å². The van der Waals surface area contributed by atoms with Crippen LogP contribution in [0.5, 0.6) is 0 Å². The van der Waals surface area contributed by atoms with Gasteiger partial charge in [-0.1, -0.05) is 6.07 Å². The van der Waals surface area contributed by atoms with Crippen LogP contribution in [0.1, 0.15) is 15.9 Å². The number of carbonyl (C=O) groups is 2. The molecule has 0 heterocycles. The maximum Gasteiger partial charge on any atom is 0.251 e. The molecule has 0 aliphatic carbocycles. The highest BCUT2D eigenvalue weighted by molar-refractivity contribution is 9.10. The lowest BCUT2D eigenvalue weighted by Crippen LogP contribution is -2.22. The zero-order valence-corrected chi connectivity index (χ0v) is 13.9. The Hall–Kier alpha value is -2.41. The molecule has 0 spiro atoms. The van der Waals surface area contributed by atoms with Crippen LogP contribution >= 0.6 is 15.9 Å². The summed E-state index contributed by atoms with van der Waals surface area (Å²) >= 11 is 3.38. The number of halogens is 2. The van der Waals surface area contributed by atoms with Crippen molar-refractivity contribution in [3.8, 4) is 0 Å². The zero-order chi connectivity index (χ0) is 17.0. The Bertz CT molecular complexity index is 765. The molecule has 0 aliphatic heterocycles. The lowest BCUT2D eigenvalue weighted by molar-refractivity contribution is -0.114. The van der Waals surface area contributed by atoms with E-state index in [1.165, 1.54) is 12.1 Å². The topological polar surface area (TPSA) is 84.2 Å². The van der Waals surface area contributed by atoms with E-state index in [-0.39, 0.29) is 18.0 Å². The molecule has 0 atom stereocenters. The number of nitrogens with one attached hydrogen (secondary N) is 2. The van der Waals surface area contributed by atoms with Gasteiger partial charge in [0, 0.05) is 10.2 Å². The van der Waals surface area contributed by atoms with Gasteiger partial charge in [0.2, 0.25) is 5.91 Å². The number of aryl methyl sites for hydroxylation is 1. The summed E-state index contributed by atoms with van der Waals surface area (Å²) in [5, 5.41) is 5.56.